The zero-order chi connectivity index (χ0) is 29.4. The van der Waals surface area contributed by atoms with Crippen LogP contribution < -0.4 is 15.8 Å². The number of carbonyl (C=O) groups is 3. The van der Waals surface area contributed by atoms with Gasteiger partial charge in [-0.1, -0.05) is 19.1 Å². The van der Waals surface area contributed by atoms with E-state index < -0.39 is 39.9 Å². The van der Waals surface area contributed by atoms with E-state index in [4.69, 9.17) is 10.5 Å². The third-order valence-electron chi connectivity index (χ3n) is 6.03. The summed E-state index contributed by atoms with van der Waals surface area (Å²) in [5.41, 5.74) is 7.24. The molecule has 2 atom stereocenters. The van der Waals surface area contributed by atoms with Crippen LogP contribution in [0.25, 0.3) is 0 Å². The number of carbonyl (C=O) groups excluding carboxylic acids is 3. The number of ether oxygens (including phenoxy) is 1. The molecule has 0 radical (unpaired) electrons. The third kappa shape index (κ3) is 9.54. The molecule has 0 spiro atoms. The maximum absolute atomic E-state index is 13.5. The highest BCUT2D eigenvalue weighted by Crippen LogP contribution is 2.18. The second-order valence-corrected chi connectivity index (χ2v) is 11.3. The summed E-state index contributed by atoms with van der Waals surface area (Å²) in [7, 11) is -3.48. The number of esters is 1. The maximum Gasteiger partial charge on any atom is 0.307 e. The lowest BCUT2D eigenvalue weighted by Crippen LogP contribution is -2.58. The molecule has 218 valence electrons. The van der Waals surface area contributed by atoms with Gasteiger partial charge in [0.15, 0.2) is 17.9 Å². The molecule has 14 heteroatoms. The third-order valence-corrected chi connectivity index (χ3v) is 6.64. The number of piperazine rings is 1. The SMILES string of the molecule is CCC(=O)OC1CN(CC(=O)Nc2cccc(NS(C)(=O)=O)c2)CCN1C(=O)CC(N)Cc1ccc(F)c(F)c1. The van der Waals surface area contributed by atoms with Crippen LogP contribution >= 0.6 is 0 Å². The second-order valence-electron chi connectivity index (χ2n) is 9.54. The second kappa shape index (κ2) is 13.6. The molecule has 2 amide bonds. The molecule has 0 aromatic heterocycles. The topological polar surface area (TPSA) is 151 Å². The first-order chi connectivity index (χ1) is 18.8. The monoisotopic (exact) mass is 581 g/mol. The van der Waals surface area contributed by atoms with Crippen molar-refractivity contribution in [1.82, 2.24) is 9.80 Å². The van der Waals surface area contributed by atoms with Gasteiger partial charge in [0, 0.05) is 37.7 Å². The Balaban J connectivity index is 1.60. The van der Waals surface area contributed by atoms with Crippen molar-refractivity contribution >= 4 is 39.2 Å². The fraction of sp³-hybridized carbons (Fsp3) is 0.423. The van der Waals surface area contributed by atoms with Gasteiger partial charge in [-0.05, 0) is 42.3 Å². The molecule has 0 bridgehead atoms. The van der Waals surface area contributed by atoms with Gasteiger partial charge >= 0.3 is 5.97 Å². The number of hydrogen-bond acceptors (Lipinski definition) is 8. The number of amides is 2. The molecule has 1 heterocycles. The van der Waals surface area contributed by atoms with Gasteiger partial charge in [0.1, 0.15) is 0 Å². The van der Waals surface area contributed by atoms with Crippen LogP contribution in [0.4, 0.5) is 20.2 Å². The van der Waals surface area contributed by atoms with Gasteiger partial charge in [0.05, 0.1) is 25.0 Å². The Morgan fingerprint density at radius 2 is 1.82 bits per heavy atom. The number of anilines is 2. The Bertz CT molecular complexity index is 1340. The fourth-order valence-corrected chi connectivity index (χ4v) is 4.79. The van der Waals surface area contributed by atoms with Crippen molar-refractivity contribution in [3.8, 4) is 0 Å². The van der Waals surface area contributed by atoms with Crippen LogP contribution in [0.5, 0.6) is 0 Å². The highest BCUT2D eigenvalue weighted by atomic mass is 32.2. The molecule has 2 aromatic carbocycles. The molecule has 1 saturated heterocycles. The molecule has 3 rings (SSSR count). The van der Waals surface area contributed by atoms with Crippen molar-refractivity contribution in [3.63, 3.8) is 0 Å². The van der Waals surface area contributed by atoms with E-state index in [-0.39, 0.29) is 50.7 Å². The molecular formula is C26H33F2N5O6S. The van der Waals surface area contributed by atoms with Crippen LogP contribution in [-0.4, -0.2) is 80.7 Å². The van der Waals surface area contributed by atoms with Gasteiger partial charge in [-0.2, -0.15) is 0 Å². The first-order valence-corrected chi connectivity index (χ1v) is 14.5. The average Bonchev–Trinajstić information content (AvgIpc) is 2.85. The van der Waals surface area contributed by atoms with Crippen LogP contribution in [0.15, 0.2) is 42.5 Å². The molecule has 0 aliphatic carbocycles. The zero-order valence-corrected chi connectivity index (χ0v) is 23.0. The van der Waals surface area contributed by atoms with Gasteiger partial charge in [-0.3, -0.25) is 24.0 Å². The van der Waals surface area contributed by atoms with E-state index in [1.54, 1.807) is 30.0 Å². The molecule has 1 fully saturated rings. The summed E-state index contributed by atoms with van der Waals surface area (Å²) in [5.74, 6) is -3.25. The lowest BCUT2D eigenvalue weighted by atomic mass is 10.0. The molecule has 2 unspecified atom stereocenters. The van der Waals surface area contributed by atoms with Gasteiger partial charge in [-0.25, -0.2) is 17.2 Å². The van der Waals surface area contributed by atoms with E-state index in [0.29, 0.717) is 23.5 Å². The molecule has 0 saturated carbocycles. The average molecular weight is 582 g/mol. The predicted octanol–water partition coefficient (Wildman–Crippen LogP) is 1.66. The lowest BCUT2D eigenvalue weighted by molar-refractivity contribution is -0.172. The van der Waals surface area contributed by atoms with E-state index in [2.05, 4.69) is 10.0 Å². The fourth-order valence-electron chi connectivity index (χ4n) is 4.23. The van der Waals surface area contributed by atoms with Crippen molar-refractivity contribution in [2.24, 2.45) is 5.73 Å². The molecule has 4 N–H and O–H groups in total. The van der Waals surface area contributed by atoms with E-state index in [1.807, 2.05) is 0 Å². The molecular weight excluding hydrogens is 548 g/mol. The van der Waals surface area contributed by atoms with Crippen molar-refractivity contribution in [2.45, 2.75) is 38.5 Å². The quantitative estimate of drug-likeness (QED) is 0.339. The summed E-state index contributed by atoms with van der Waals surface area (Å²) in [6.07, 6.45) is 0.192. The summed E-state index contributed by atoms with van der Waals surface area (Å²) in [5, 5.41) is 2.70. The molecule has 11 nitrogen and oxygen atoms in total. The van der Waals surface area contributed by atoms with E-state index in [0.717, 1.165) is 18.4 Å². The number of nitrogens with two attached hydrogens (primary N) is 1. The zero-order valence-electron chi connectivity index (χ0n) is 22.2. The number of rotatable bonds is 11. The number of halogens is 2. The number of nitrogens with zero attached hydrogens (tertiary/aromatic N) is 2. The summed E-state index contributed by atoms with van der Waals surface area (Å²) >= 11 is 0. The smallest absolute Gasteiger partial charge is 0.307 e. The summed E-state index contributed by atoms with van der Waals surface area (Å²) in [6, 6.07) is 8.97. The lowest BCUT2D eigenvalue weighted by Gasteiger charge is -2.40. The number of hydrogen-bond donors (Lipinski definition) is 3. The van der Waals surface area contributed by atoms with Crippen LogP contribution in [-0.2, 0) is 35.6 Å². The van der Waals surface area contributed by atoms with E-state index >= 15 is 0 Å². The van der Waals surface area contributed by atoms with Crippen LogP contribution in [0, 0.1) is 11.6 Å². The van der Waals surface area contributed by atoms with Gasteiger partial charge in [-0.15, -0.1) is 0 Å². The summed E-state index contributed by atoms with van der Waals surface area (Å²) < 4.78 is 57.5. The maximum atomic E-state index is 13.5. The number of nitrogens with one attached hydrogen (secondary N) is 2. The largest absolute Gasteiger partial charge is 0.440 e. The van der Waals surface area contributed by atoms with Gasteiger partial charge < -0.3 is 20.7 Å². The van der Waals surface area contributed by atoms with Gasteiger partial charge in [0.25, 0.3) is 0 Å². The van der Waals surface area contributed by atoms with Crippen molar-refractivity contribution in [2.75, 3.05) is 42.5 Å². The molecule has 40 heavy (non-hydrogen) atoms. The minimum Gasteiger partial charge on any atom is -0.440 e. The normalized spacial score (nSPS) is 16.7. The molecule has 1 aliphatic rings. The Morgan fingerprint density at radius 1 is 1.10 bits per heavy atom. The predicted molar refractivity (Wildman–Crippen MR) is 145 cm³/mol. The van der Waals surface area contributed by atoms with Crippen LogP contribution in [0.3, 0.4) is 0 Å². The Kier molecular flexibility index (Phi) is 10.5. The van der Waals surface area contributed by atoms with E-state index in [9.17, 15) is 31.6 Å². The molecule has 2 aromatic rings. The van der Waals surface area contributed by atoms with Crippen LogP contribution in [0.1, 0.15) is 25.3 Å². The Hall–Kier alpha value is -3.62. The minimum absolute atomic E-state index is 0.0679. The van der Waals surface area contributed by atoms with Crippen molar-refractivity contribution in [3.05, 3.63) is 59.7 Å². The minimum atomic E-state index is -3.48. The summed E-state index contributed by atoms with van der Waals surface area (Å²) in [4.78, 5) is 41.0. The van der Waals surface area contributed by atoms with Crippen molar-refractivity contribution in [1.29, 1.82) is 0 Å². The number of benzene rings is 2. The van der Waals surface area contributed by atoms with Crippen molar-refractivity contribution < 1.29 is 36.3 Å². The highest BCUT2D eigenvalue weighted by Gasteiger charge is 2.34. The standard InChI is InChI=1S/C26H33F2N5O6S/c1-3-26(36)39-25-16-32(15-23(34)30-19-5-4-6-20(14-19)31-40(2,37)38)9-10-33(25)24(35)13-18(29)11-17-7-8-21(27)22(28)12-17/h4-8,12,14,18,25,31H,3,9-11,13,15-16,29H2,1-2H3,(H,30,34). The highest BCUT2D eigenvalue weighted by molar-refractivity contribution is 7.92. The van der Waals surface area contributed by atoms with Crippen LogP contribution in [0.2, 0.25) is 0 Å². The Morgan fingerprint density at radius 3 is 2.50 bits per heavy atom. The molecule has 1 aliphatic heterocycles. The first-order valence-electron chi connectivity index (χ1n) is 12.6. The van der Waals surface area contributed by atoms with E-state index in [1.165, 1.54) is 17.0 Å². The Labute approximate surface area is 231 Å². The first kappa shape index (κ1) is 30.9. The van der Waals surface area contributed by atoms with Gasteiger partial charge in [0.2, 0.25) is 21.8 Å². The summed E-state index contributed by atoms with van der Waals surface area (Å²) in [6.45, 7) is 2.11. The number of sulfonamides is 1.